The van der Waals surface area contributed by atoms with Gasteiger partial charge in [-0.1, -0.05) is 9.24 Å². The summed E-state index contributed by atoms with van der Waals surface area (Å²) in [4.78, 5) is 0. The van der Waals surface area contributed by atoms with Crippen molar-refractivity contribution >= 4 is 19.4 Å². The Hall–Kier alpha value is -0.120. The van der Waals surface area contributed by atoms with Crippen molar-refractivity contribution in [2.45, 2.75) is 61.7 Å². The Labute approximate surface area is 167 Å². The van der Waals surface area contributed by atoms with Crippen LogP contribution >= 0.6 is 9.24 Å². The van der Waals surface area contributed by atoms with Gasteiger partial charge in [-0.15, -0.1) is 0 Å². The average molecular weight is 468 g/mol. The number of fused-ring (bicyclic) bond motifs is 8. The summed E-state index contributed by atoms with van der Waals surface area (Å²) < 4.78 is 115. The highest BCUT2D eigenvalue weighted by Crippen LogP contribution is 2.74. The Balaban J connectivity index is 1.34. The lowest BCUT2D eigenvalue weighted by molar-refractivity contribution is -0.294. The predicted octanol–water partition coefficient (Wildman–Crippen LogP) is 4.62. The van der Waals surface area contributed by atoms with E-state index in [1.807, 2.05) is 0 Å². The summed E-state index contributed by atoms with van der Waals surface area (Å²) in [6.07, 6.45) is -0.996. The zero-order valence-electron chi connectivity index (χ0n) is 15.3. The molecule has 0 aromatic rings. The molecule has 12 heteroatoms. The largest absolute Gasteiger partial charge is 0.424 e. The zero-order valence-corrected chi connectivity index (χ0v) is 17.3. The fourth-order valence-corrected chi connectivity index (χ4v) is 7.09. The summed E-state index contributed by atoms with van der Waals surface area (Å²) in [6.45, 7) is 0. The molecule has 4 aliphatic carbocycles. The molecule has 0 amide bonds. The molecule has 10 unspecified atom stereocenters. The number of hydrogen-bond acceptors (Lipinski definition) is 3. The van der Waals surface area contributed by atoms with Gasteiger partial charge >= 0.3 is 21.3 Å². The number of rotatable bonds is 8. The summed E-state index contributed by atoms with van der Waals surface area (Å²) in [5.41, 5.74) is -4.25. The van der Waals surface area contributed by atoms with Crippen molar-refractivity contribution in [2.75, 3.05) is 0 Å². The van der Waals surface area contributed by atoms with Crippen LogP contribution in [0.2, 0.25) is 0 Å². The van der Waals surface area contributed by atoms with Crippen LogP contribution in [-0.4, -0.2) is 36.1 Å². The highest BCUT2D eigenvalue weighted by molar-refractivity contribution is 7.86. The Morgan fingerprint density at radius 2 is 1.62 bits per heavy atom. The third kappa shape index (κ3) is 3.24. The van der Waals surface area contributed by atoms with Gasteiger partial charge in [0.2, 0.25) is 0 Å². The van der Waals surface area contributed by atoms with E-state index in [-0.39, 0.29) is 12.3 Å². The minimum atomic E-state index is -6.31. The van der Waals surface area contributed by atoms with E-state index in [9.17, 15) is 34.8 Å². The molecule has 168 valence electrons. The summed E-state index contributed by atoms with van der Waals surface area (Å²) >= 11 is 0. The quantitative estimate of drug-likeness (QED) is 0.321. The molecule has 0 aromatic heterocycles. The molecule has 4 saturated carbocycles. The van der Waals surface area contributed by atoms with Crippen LogP contribution < -0.4 is 0 Å². The molecule has 1 N–H and O–H groups in total. The van der Waals surface area contributed by atoms with Crippen LogP contribution in [0.15, 0.2) is 0 Å². The van der Waals surface area contributed by atoms with Crippen LogP contribution in [0.1, 0.15) is 38.5 Å². The van der Waals surface area contributed by atoms with Gasteiger partial charge in [0.1, 0.15) is 0 Å². The lowest BCUT2D eigenvalue weighted by Crippen LogP contribution is -2.60. The van der Waals surface area contributed by atoms with Gasteiger partial charge in [0, 0.05) is 6.42 Å². The van der Waals surface area contributed by atoms with Gasteiger partial charge in [0.05, 0.1) is 0 Å². The molecular weight excluding hydrogens is 445 g/mol. The first kappa shape index (κ1) is 22.1. The van der Waals surface area contributed by atoms with Gasteiger partial charge in [-0.25, -0.2) is 8.78 Å². The highest BCUT2D eigenvalue weighted by atomic mass is 32.2. The van der Waals surface area contributed by atoms with E-state index < -0.39 is 39.7 Å². The first-order valence-corrected chi connectivity index (χ1v) is 11.7. The van der Waals surface area contributed by atoms with Crippen molar-refractivity contribution in [3.05, 3.63) is 0 Å². The average Bonchev–Trinajstić information content (AvgIpc) is 3.11. The van der Waals surface area contributed by atoms with Gasteiger partial charge in [-0.2, -0.15) is 26.0 Å². The fourth-order valence-electron chi connectivity index (χ4n) is 6.54. The molecule has 0 spiro atoms. The Bertz CT molecular complexity index is 778. The summed E-state index contributed by atoms with van der Waals surface area (Å²) in [6, 6.07) is 0. The van der Waals surface area contributed by atoms with E-state index in [0.717, 1.165) is 21.6 Å². The molecule has 0 heterocycles. The molecule has 4 rings (SSSR count). The number of ether oxygens (including phenoxy) is 1. The van der Waals surface area contributed by atoms with E-state index in [1.165, 1.54) is 19.3 Å². The molecule has 4 aliphatic rings. The maximum Gasteiger partial charge on any atom is 0.424 e. The molecule has 0 aliphatic heterocycles. The molecule has 0 saturated heterocycles. The summed E-state index contributed by atoms with van der Waals surface area (Å²) in [5, 5.41) is -5.58. The molecule has 4 nitrogen and oxygen atoms in total. The molecule has 10 atom stereocenters. The predicted molar refractivity (Wildman–Crippen MR) is 93.1 cm³/mol. The van der Waals surface area contributed by atoms with E-state index in [2.05, 4.69) is 4.74 Å². The fraction of sp³-hybridized carbons (Fsp3) is 1.00. The summed E-state index contributed by atoms with van der Waals surface area (Å²) in [5.74, 6) is -0.822. The van der Waals surface area contributed by atoms with E-state index in [0.29, 0.717) is 29.6 Å². The Morgan fingerprint density at radius 1 is 1.03 bits per heavy atom. The topological polar surface area (TPSA) is 63.6 Å². The standard InChI is InChI=1S/C17H23F6O4PS/c18-14(16(21,22)29(24,25)26)27-17(23,28)15(19,20)4-3-9-6-10-11-7-1-2-8(5-7)13(11)12(9)10/h7-14H,1-6,28H2,(H,24,25,26). The second-order valence-electron chi connectivity index (χ2n) is 9.08. The van der Waals surface area contributed by atoms with Gasteiger partial charge in [0.15, 0.2) is 0 Å². The molecule has 2 bridgehead atoms. The van der Waals surface area contributed by atoms with Crippen LogP contribution in [-0.2, 0) is 14.9 Å². The van der Waals surface area contributed by atoms with Crippen molar-refractivity contribution < 1.29 is 44.0 Å². The second kappa shape index (κ2) is 6.69. The third-order valence-corrected chi connectivity index (χ3v) is 9.24. The van der Waals surface area contributed by atoms with Crippen LogP contribution in [0.3, 0.4) is 0 Å². The third-order valence-electron chi connectivity index (χ3n) is 7.81. The van der Waals surface area contributed by atoms with E-state index >= 15 is 0 Å². The smallest absolute Gasteiger partial charge is 0.297 e. The number of alkyl halides is 6. The van der Waals surface area contributed by atoms with Crippen molar-refractivity contribution in [1.29, 1.82) is 0 Å². The Kier molecular flexibility index (Phi) is 5.09. The second-order valence-corrected chi connectivity index (χ2v) is 11.3. The molecule has 0 radical (unpaired) electrons. The van der Waals surface area contributed by atoms with Gasteiger partial charge < -0.3 is 0 Å². The molecule has 4 fully saturated rings. The molecular formula is C17H23F6O4PS. The van der Waals surface area contributed by atoms with Crippen LogP contribution in [0.5, 0.6) is 0 Å². The first-order chi connectivity index (χ1) is 13.2. The SMILES string of the molecule is O=S(=O)(O)C(F)(F)C(F)OC(F)(P)C(F)(F)CCC1CC2C3C4CCC(C4)C3C12. The van der Waals surface area contributed by atoms with Crippen molar-refractivity contribution in [3.8, 4) is 0 Å². The van der Waals surface area contributed by atoms with Gasteiger partial charge in [-0.3, -0.25) is 9.29 Å². The number of halogens is 6. The van der Waals surface area contributed by atoms with Crippen molar-refractivity contribution in [2.24, 2.45) is 41.4 Å². The van der Waals surface area contributed by atoms with Gasteiger partial charge in [0.25, 0.3) is 12.0 Å². The maximum atomic E-state index is 14.3. The highest BCUT2D eigenvalue weighted by Gasteiger charge is 2.69. The van der Waals surface area contributed by atoms with E-state index in [1.54, 1.807) is 0 Å². The maximum absolute atomic E-state index is 14.3. The lowest BCUT2D eigenvalue weighted by Gasteiger charge is -2.66. The first-order valence-electron chi connectivity index (χ1n) is 9.69. The van der Waals surface area contributed by atoms with Gasteiger partial charge in [-0.05, 0) is 73.5 Å². The minimum absolute atomic E-state index is 0.00675. The monoisotopic (exact) mass is 468 g/mol. The number of hydrogen-bond donors (Lipinski definition) is 1. The minimum Gasteiger partial charge on any atom is -0.297 e. The zero-order chi connectivity index (χ0) is 21.6. The van der Waals surface area contributed by atoms with Crippen molar-refractivity contribution in [1.82, 2.24) is 0 Å². The normalized spacial score (nSPS) is 41.7. The van der Waals surface area contributed by atoms with Crippen molar-refractivity contribution in [3.63, 3.8) is 0 Å². The van der Waals surface area contributed by atoms with E-state index in [4.69, 9.17) is 4.55 Å². The molecule has 29 heavy (non-hydrogen) atoms. The van der Waals surface area contributed by atoms with Crippen LogP contribution in [0.25, 0.3) is 0 Å². The van der Waals surface area contributed by atoms with Crippen LogP contribution in [0.4, 0.5) is 26.3 Å². The molecule has 0 aromatic carbocycles. The lowest BCUT2D eigenvalue weighted by atomic mass is 9.39. The van der Waals surface area contributed by atoms with Crippen LogP contribution in [0, 0.1) is 41.4 Å². The summed E-state index contributed by atoms with van der Waals surface area (Å²) in [7, 11) is -5.48. The Morgan fingerprint density at radius 3 is 2.21 bits per heavy atom.